The van der Waals surface area contributed by atoms with Crippen LogP contribution in [0.25, 0.3) is 0 Å². The normalized spacial score (nSPS) is 17.2. The molecular weight excluding hydrogens is 332 g/mol. The van der Waals surface area contributed by atoms with Crippen LogP contribution in [0.2, 0.25) is 0 Å². The third kappa shape index (κ3) is 5.82. The minimum absolute atomic E-state index is 0.0576. The molecule has 26 heavy (non-hydrogen) atoms. The van der Waals surface area contributed by atoms with Crippen LogP contribution < -0.4 is 11.1 Å². The summed E-state index contributed by atoms with van der Waals surface area (Å²) < 4.78 is 0. The van der Waals surface area contributed by atoms with Crippen LogP contribution in [0.3, 0.4) is 0 Å². The lowest BCUT2D eigenvalue weighted by atomic mass is 9.89. The molecule has 0 unspecified atom stereocenters. The van der Waals surface area contributed by atoms with E-state index in [4.69, 9.17) is 5.73 Å². The van der Waals surface area contributed by atoms with E-state index < -0.39 is 0 Å². The van der Waals surface area contributed by atoms with Gasteiger partial charge in [0.2, 0.25) is 5.91 Å². The second kappa shape index (κ2) is 9.31. The van der Waals surface area contributed by atoms with Gasteiger partial charge in [0.15, 0.2) is 0 Å². The largest absolute Gasteiger partial charge is 0.370 e. The van der Waals surface area contributed by atoms with Crippen molar-refractivity contribution in [2.75, 3.05) is 25.0 Å². The third-order valence-electron chi connectivity index (χ3n) is 4.46. The molecule has 0 bridgehead atoms. The van der Waals surface area contributed by atoms with E-state index in [2.05, 4.69) is 10.3 Å². The summed E-state index contributed by atoms with van der Waals surface area (Å²) in [6.07, 6.45) is 4.02. The number of nitrogens with zero attached hydrogens (tertiary/aromatic N) is 2. The molecule has 2 rings (SSSR count). The van der Waals surface area contributed by atoms with Crippen molar-refractivity contribution in [1.29, 1.82) is 0 Å². The number of piperidine rings is 1. The molecule has 2 amide bonds. The summed E-state index contributed by atoms with van der Waals surface area (Å²) in [5.74, 6) is 0.653. The number of rotatable bonds is 8. The average Bonchev–Trinajstić information content (AvgIpc) is 2.61. The SMILES string of the molecule is CC(C)CC(=O)[C@@H]1CCCN(C(=O)c2ccc(NCCC(N)=O)nc2)C1. The van der Waals surface area contributed by atoms with E-state index in [0.29, 0.717) is 43.4 Å². The van der Waals surface area contributed by atoms with Gasteiger partial charge in [-0.25, -0.2) is 4.98 Å². The van der Waals surface area contributed by atoms with E-state index in [0.717, 1.165) is 12.8 Å². The molecule has 7 heteroatoms. The van der Waals surface area contributed by atoms with Gasteiger partial charge in [0.1, 0.15) is 11.6 Å². The zero-order chi connectivity index (χ0) is 19.1. The minimum atomic E-state index is -0.379. The number of primary amides is 1. The molecule has 0 aromatic carbocycles. The highest BCUT2D eigenvalue weighted by Gasteiger charge is 2.29. The lowest BCUT2D eigenvalue weighted by Gasteiger charge is -2.32. The molecular formula is C19H28N4O3. The smallest absolute Gasteiger partial charge is 0.255 e. The number of ketones is 1. The Morgan fingerprint density at radius 3 is 2.73 bits per heavy atom. The quantitative estimate of drug-likeness (QED) is 0.736. The zero-order valence-electron chi connectivity index (χ0n) is 15.5. The molecule has 142 valence electrons. The van der Waals surface area contributed by atoms with Crippen LogP contribution in [-0.4, -0.2) is 47.1 Å². The molecule has 0 saturated carbocycles. The first-order valence-electron chi connectivity index (χ1n) is 9.17. The predicted octanol–water partition coefficient (Wildman–Crippen LogP) is 1.84. The van der Waals surface area contributed by atoms with Crippen molar-refractivity contribution in [2.24, 2.45) is 17.6 Å². The number of amides is 2. The topological polar surface area (TPSA) is 105 Å². The fourth-order valence-corrected chi connectivity index (χ4v) is 3.11. The number of anilines is 1. The number of pyridine rings is 1. The Balaban J connectivity index is 1.93. The number of aromatic nitrogens is 1. The number of nitrogens with one attached hydrogen (secondary N) is 1. The monoisotopic (exact) mass is 360 g/mol. The number of carbonyl (C=O) groups is 3. The van der Waals surface area contributed by atoms with Crippen molar-refractivity contribution >= 4 is 23.4 Å². The molecule has 1 aliphatic heterocycles. The standard InChI is InChI=1S/C19H28N4O3/c1-13(2)10-16(24)15-4-3-9-23(12-15)19(26)14-5-6-18(22-11-14)21-8-7-17(20)25/h5-6,11,13,15H,3-4,7-10,12H2,1-2H3,(H2,20,25)(H,21,22)/t15-/m1/s1. The molecule has 1 fully saturated rings. The van der Waals surface area contributed by atoms with Gasteiger partial charge in [0.25, 0.3) is 5.91 Å². The fourth-order valence-electron chi connectivity index (χ4n) is 3.11. The number of hydrogen-bond acceptors (Lipinski definition) is 5. The van der Waals surface area contributed by atoms with Crippen LogP contribution in [-0.2, 0) is 9.59 Å². The van der Waals surface area contributed by atoms with Crippen LogP contribution in [0.15, 0.2) is 18.3 Å². The highest BCUT2D eigenvalue weighted by Crippen LogP contribution is 2.22. The van der Waals surface area contributed by atoms with Crippen LogP contribution in [0, 0.1) is 11.8 Å². The highest BCUT2D eigenvalue weighted by atomic mass is 16.2. The number of hydrogen-bond donors (Lipinski definition) is 2. The number of nitrogens with two attached hydrogens (primary N) is 1. The first kappa shape index (κ1) is 19.9. The molecule has 0 aliphatic carbocycles. The van der Waals surface area contributed by atoms with Crippen molar-refractivity contribution in [3.8, 4) is 0 Å². The lowest BCUT2D eigenvalue weighted by molar-refractivity contribution is -0.125. The van der Waals surface area contributed by atoms with E-state index in [1.165, 1.54) is 6.20 Å². The molecule has 1 saturated heterocycles. The van der Waals surface area contributed by atoms with Crippen molar-refractivity contribution in [2.45, 2.75) is 39.5 Å². The van der Waals surface area contributed by atoms with Crippen molar-refractivity contribution in [3.63, 3.8) is 0 Å². The van der Waals surface area contributed by atoms with Gasteiger partial charge >= 0.3 is 0 Å². The maximum absolute atomic E-state index is 12.7. The Morgan fingerprint density at radius 1 is 1.35 bits per heavy atom. The van der Waals surface area contributed by atoms with Gasteiger partial charge in [0, 0.05) is 44.6 Å². The van der Waals surface area contributed by atoms with Gasteiger partial charge in [-0.1, -0.05) is 13.8 Å². The number of likely N-dealkylation sites (tertiary alicyclic amines) is 1. The molecule has 1 aromatic heterocycles. The molecule has 7 nitrogen and oxygen atoms in total. The molecule has 1 atom stereocenters. The maximum atomic E-state index is 12.7. The molecule has 1 aromatic rings. The number of Topliss-reactive ketones (excluding diaryl/α,β-unsaturated/α-hetero) is 1. The van der Waals surface area contributed by atoms with E-state index in [9.17, 15) is 14.4 Å². The highest BCUT2D eigenvalue weighted by molar-refractivity contribution is 5.94. The van der Waals surface area contributed by atoms with Crippen LogP contribution in [0.5, 0.6) is 0 Å². The van der Waals surface area contributed by atoms with Gasteiger partial charge in [-0.15, -0.1) is 0 Å². The van der Waals surface area contributed by atoms with E-state index >= 15 is 0 Å². The number of carbonyl (C=O) groups excluding carboxylic acids is 3. The second-order valence-electron chi connectivity index (χ2n) is 7.23. The van der Waals surface area contributed by atoms with Crippen molar-refractivity contribution < 1.29 is 14.4 Å². The third-order valence-corrected chi connectivity index (χ3v) is 4.46. The Morgan fingerprint density at radius 2 is 2.12 bits per heavy atom. The molecule has 2 heterocycles. The van der Waals surface area contributed by atoms with Crippen LogP contribution in [0.1, 0.15) is 49.9 Å². The lowest BCUT2D eigenvalue weighted by Crippen LogP contribution is -2.42. The summed E-state index contributed by atoms with van der Waals surface area (Å²) in [7, 11) is 0. The van der Waals surface area contributed by atoms with Gasteiger partial charge < -0.3 is 16.0 Å². The molecule has 3 N–H and O–H groups in total. The molecule has 1 aliphatic rings. The van der Waals surface area contributed by atoms with Gasteiger partial charge in [-0.2, -0.15) is 0 Å². The summed E-state index contributed by atoms with van der Waals surface area (Å²) in [5, 5.41) is 2.98. The Hall–Kier alpha value is -2.44. The van der Waals surface area contributed by atoms with Crippen LogP contribution in [0.4, 0.5) is 5.82 Å². The molecule has 0 radical (unpaired) electrons. The summed E-state index contributed by atoms with van der Waals surface area (Å²) in [4.78, 5) is 41.7. The van der Waals surface area contributed by atoms with Crippen LogP contribution >= 0.6 is 0 Å². The molecule has 0 spiro atoms. The summed E-state index contributed by atoms with van der Waals surface area (Å²) >= 11 is 0. The summed E-state index contributed by atoms with van der Waals surface area (Å²) in [6.45, 7) is 5.63. The first-order valence-corrected chi connectivity index (χ1v) is 9.17. The predicted molar refractivity (Wildman–Crippen MR) is 99.6 cm³/mol. The Labute approximate surface area is 154 Å². The van der Waals surface area contributed by atoms with Gasteiger partial charge in [0.05, 0.1) is 5.56 Å². The van der Waals surface area contributed by atoms with E-state index in [1.54, 1.807) is 17.0 Å². The zero-order valence-corrected chi connectivity index (χ0v) is 15.5. The minimum Gasteiger partial charge on any atom is -0.370 e. The maximum Gasteiger partial charge on any atom is 0.255 e. The Kier molecular flexibility index (Phi) is 7.12. The Bertz CT molecular complexity index is 643. The fraction of sp³-hybridized carbons (Fsp3) is 0.579. The van der Waals surface area contributed by atoms with Crippen molar-refractivity contribution in [1.82, 2.24) is 9.88 Å². The summed E-state index contributed by atoms with van der Waals surface area (Å²) in [5.41, 5.74) is 5.59. The first-order chi connectivity index (χ1) is 12.4. The van der Waals surface area contributed by atoms with E-state index in [1.807, 2.05) is 13.8 Å². The van der Waals surface area contributed by atoms with Gasteiger partial charge in [-0.3, -0.25) is 14.4 Å². The average molecular weight is 360 g/mol. The van der Waals surface area contributed by atoms with Gasteiger partial charge in [-0.05, 0) is 30.9 Å². The van der Waals surface area contributed by atoms with Crippen molar-refractivity contribution in [3.05, 3.63) is 23.9 Å². The van der Waals surface area contributed by atoms with E-state index in [-0.39, 0.29) is 29.9 Å². The second-order valence-corrected chi connectivity index (χ2v) is 7.23. The summed E-state index contributed by atoms with van der Waals surface area (Å²) in [6, 6.07) is 3.42.